The van der Waals surface area contributed by atoms with Gasteiger partial charge in [0.1, 0.15) is 0 Å². The summed E-state index contributed by atoms with van der Waals surface area (Å²) in [5.41, 5.74) is 8.37. The Morgan fingerprint density at radius 2 is 1.95 bits per heavy atom. The highest BCUT2D eigenvalue weighted by molar-refractivity contribution is 7.89. The van der Waals surface area contributed by atoms with Gasteiger partial charge in [-0.2, -0.15) is 0 Å². The molecule has 1 aliphatic rings. The molecule has 1 aromatic rings. The molecular weight excluding hydrogens is 272 g/mol. The van der Waals surface area contributed by atoms with E-state index in [1.165, 1.54) is 11.1 Å². The van der Waals surface area contributed by atoms with Crippen molar-refractivity contribution in [2.24, 2.45) is 11.7 Å². The Bertz CT molecular complexity index is 567. The molecule has 1 aliphatic carbocycles. The number of fused-ring (bicyclic) bond motifs is 1. The van der Waals surface area contributed by atoms with Crippen LogP contribution in [0.15, 0.2) is 23.1 Å². The molecule has 0 aromatic heterocycles. The highest BCUT2D eigenvalue weighted by Crippen LogP contribution is 2.24. The molecule has 3 N–H and O–H groups in total. The SMILES string of the molecule is CC(C)CC(N)CNS(=O)(=O)c1ccc2c(c1)CCC2. The molecule has 0 bridgehead atoms. The van der Waals surface area contributed by atoms with Crippen LogP contribution in [0, 0.1) is 5.92 Å². The molecule has 5 heteroatoms. The Hall–Kier alpha value is -0.910. The Morgan fingerprint density at radius 1 is 1.25 bits per heavy atom. The van der Waals surface area contributed by atoms with Gasteiger partial charge in [-0.15, -0.1) is 0 Å². The van der Waals surface area contributed by atoms with E-state index in [0.717, 1.165) is 25.7 Å². The van der Waals surface area contributed by atoms with Gasteiger partial charge in [0.05, 0.1) is 4.90 Å². The van der Waals surface area contributed by atoms with Crippen LogP contribution < -0.4 is 10.5 Å². The van der Waals surface area contributed by atoms with Crippen molar-refractivity contribution in [1.29, 1.82) is 0 Å². The van der Waals surface area contributed by atoms with Crippen LogP contribution in [0.2, 0.25) is 0 Å². The lowest BCUT2D eigenvalue weighted by molar-refractivity contribution is 0.486. The first-order valence-electron chi connectivity index (χ1n) is 7.25. The highest BCUT2D eigenvalue weighted by atomic mass is 32.2. The Balaban J connectivity index is 2.03. The number of hydrogen-bond acceptors (Lipinski definition) is 3. The summed E-state index contributed by atoms with van der Waals surface area (Å²) in [6, 6.07) is 5.29. The van der Waals surface area contributed by atoms with Gasteiger partial charge in [-0.25, -0.2) is 13.1 Å². The second-order valence-electron chi connectivity index (χ2n) is 6.03. The summed E-state index contributed by atoms with van der Waals surface area (Å²) < 4.78 is 27.1. The molecule has 0 spiro atoms. The standard InChI is InChI=1S/C15H24N2O2S/c1-11(2)8-14(16)10-17-20(18,19)15-7-6-12-4-3-5-13(12)9-15/h6-7,9,11,14,17H,3-5,8,10,16H2,1-2H3. The van der Waals surface area contributed by atoms with Crippen LogP contribution in [0.3, 0.4) is 0 Å². The summed E-state index contributed by atoms with van der Waals surface area (Å²) in [4.78, 5) is 0.356. The van der Waals surface area contributed by atoms with Crippen molar-refractivity contribution in [2.45, 2.75) is 50.5 Å². The van der Waals surface area contributed by atoms with Crippen LogP contribution in [-0.2, 0) is 22.9 Å². The van der Waals surface area contributed by atoms with Crippen molar-refractivity contribution in [1.82, 2.24) is 4.72 Å². The summed E-state index contributed by atoms with van der Waals surface area (Å²) in [7, 11) is -3.44. The number of aryl methyl sites for hydroxylation is 2. The molecular formula is C15H24N2O2S. The molecule has 112 valence electrons. The maximum Gasteiger partial charge on any atom is 0.240 e. The third kappa shape index (κ3) is 3.81. The third-order valence-corrected chi connectivity index (χ3v) is 5.11. The van der Waals surface area contributed by atoms with Crippen molar-refractivity contribution in [3.8, 4) is 0 Å². The fraction of sp³-hybridized carbons (Fsp3) is 0.600. The minimum absolute atomic E-state index is 0.140. The molecule has 1 aromatic carbocycles. The number of nitrogens with one attached hydrogen (secondary N) is 1. The van der Waals surface area contributed by atoms with Crippen LogP contribution in [-0.4, -0.2) is 21.0 Å². The maximum absolute atomic E-state index is 12.3. The molecule has 0 heterocycles. The van der Waals surface area contributed by atoms with E-state index in [9.17, 15) is 8.42 Å². The third-order valence-electron chi connectivity index (χ3n) is 3.69. The summed E-state index contributed by atoms with van der Waals surface area (Å²) in [6.07, 6.45) is 3.96. The maximum atomic E-state index is 12.3. The molecule has 0 aliphatic heterocycles. The lowest BCUT2D eigenvalue weighted by Gasteiger charge is -2.15. The van der Waals surface area contributed by atoms with Gasteiger partial charge < -0.3 is 5.73 Å². The molecule has 0 saturated carbocycles. The van der Waals surface area contributed by atoms with Gasteiger partial charge in [0.2, 0.25) is 10.0 Å². The lowest BCUT2D eigenvalue weighted by atomic mass is 10.1. The first-order valence-corrected chi connectivity index (χ1v) is 8.74. The lowest BCUT2D eigenvalue weighted by Crippen LogP contribution is -2.38. The zero-order valence-corrected chi connectivity index (χ0v) is 13.0. The van der Waals surface area contributed by atoms with Gasteiger partial charge in [0, 0.05) is 12.6 Å². The molecule has 0 saturated heterocycles. The number of rotatable bonds is 6. The van der Waals surface area contributed by atoms with Crippen molar-refractivity contribution in [3.63, 3.8) is 0 Å². The summed E-state index contributed by atoms with van der Waals surface area (Å²) in [5, 5.41) is 0. The van der Waals surface area contributed by atoms with Gasteiger partial charge in [-0.3, -0.25) is 0 Å². The molecule has 0 radical (unpaired) electrons. The van der Waals surface area contributed by atoms with Crippen LogP contribution in [0.5, 0.6) is 0 Å². The second kappa shape index (κ2) is 6.24. The van der Waals surface area contributed by atoms with E-state index in [4.69, 9.17) is 5.73 Å². The smallest absolute Gasteiger partial charge is 0.240 e. The van der Waals surface area contributed by atoms with Gasteiger partial charge in [0.25, 0.3) is 0 Å². The number of sulfonamides is 1. The van der Waals surface area contributed by atoms with E-state index >= 15 is 0 Å². The first kappa shape index (κ1) is 15.5. The van der Waals surface area contributed by atoms with E-state index < -0.39 is 10.0 Å². The summed E-state index contributed by atoms with van der Waals surface area (Å²) in [6.45, 7) is 4.45. The largest absolute Gasteiger partial charge is 0.327 e. The van der Waals surface area contributed by atoms with E-state index in [0.29, 0.717) is 10.8 Å². The topological polar surface area (TPSA) is 72.2 Å². The minimum Gasteiger partial charge on any atom is -0.327 e. The van der Waals surface area contributed by atoms with Crippen LogP contribution in [0.1, 0.15) is 37.8 Å². The summed E-state index contributed by atoms with van der Waals surface area (Å²) >= 11 is 0. The van der Waals surface area contributed by atoms with E-state index in [-0.39, 0.29) is 12.6 Å². The van der Waals surface area contributed by atoms with Crippen molar-refractivity contribution in [2.75, 3.05) is 6.54 Å². The highest BCUT2D eigenvalue weighted by Gasteiger charge is 2.19. The fourth-order valence-electron chi connectivity index (χ4n) is 2.70. The van der Waals surface area contributed by atoms with Gasteiger partial charge in [-0.1, -0.05) is 19.9 Å². The normalized spacial score (nSPS) is 16.4. The van der Waals surface area contributed by atoms with Gasteiger partial charge in [0.15, 0.2) is 0 Å². The van der Waals surface area contributed by atoms with Gasteiger partial charge in [-0.05, 0) is 54.9 Å². The monoisotopic (exact) mass is 296 g/mol. The van der Waals surface area contributed by atoms with Crippen molar-refractivity contribution >= 4 is 10.0 Å². The van der Waals surface area contributed by atoms with Crippen molar-refractivity contribution < 1.29 is 8.42 Å². The second-order valence-corrected chi connectivity index (χ2v) is 7.79. The minimum atomic E-state index is -3.44. The zero-order valence-electron chi connectivity index (χ0n) is 12.2. The van der Waals surface area contributed by atoms with Crippen LogP contribution in [0.25, 0.3) is 0 Å². The first-order chi connectivity index (χ1) is 9.38. The van der Waals surface area contributed by atoms with Gasteiger partial charge >= 0.3 is 0 Å². The predicted molar refractivity (Wildman–Crippen MR) is 81.1 cm³/mol. The quantitative estimate of drug-likeness (QED) is 0.841. The number of hydrogen-bond donors (Lipinski definition) is 2. The van der Waals surface area contributed by atoms with Crippen molar-refractivity contribution in [3.05, 3.63) is 29.3 Å². The predicted octanol–water partition coefficient (Wildman–Crippen LogP) is 1.83. The number of benzene rings is 1. The van der Waals surface area contributed by atoms with E-state index in [2.05, 4.69) is 18.6 Å². The zero-order chi connectivity index (χ0) is 14.8. The molecule has 1 unspecified atom stereocenters. The molecule has 0 fully saturated rings. The van der Waals surface area contributed by atoms with Crippen LogP contribution in [0.4, 0.5) is 0 Å². The molecule has 0 amide bonds. The average molecular weight is 296 g/mol. The Labute approximate surface area is 121 Å². The average Bonchev–Trinajstić information content (AvgIpc) is 2.83. The summed E-state index contributed by atoms with van der Waals surface area (Å²) in [5.74, 6) is 0.467. The Kier molecular flexibility index (Phi) is 4.83. The molecule has 20 heavy (non-hydrogen) atoms. The van der Waals surface area contributed by atoms with Crippen LogP contribution >= 0.6 is 0 Å². The fourth-order valence-corrected chi connectivity index (χ4v) is 3.85. The van der Waals surface area contributed by atoms with E-state index in [1.807, 2.05) is 6.07 Å². The molecule has 2 rings (SSSR count). The Morgan fingerprint density at radius 3 is 2.65 bits per heavy atom. The van der Waals surface area contributed by atoms with E-state index in [1.54, 1.807) is 12.1 Å². The molecule has 1 atom stereocenters. The molecule has 4 nitrogen and oxygen atoms in total. The number of nitrogens with two attached hydrogens (primary N) is 1.